The van der Waals surface area contributed by atoms with E-state index in [1.807, 2.05) is 60.7 Å². The van der Waals surface area contributed by atoms with Crippen LogP contribution in [0.1, 0.15) is 40.3 Å². The summed E-state index contributed by atoms with van der Waals surface area (Å²) in [7, 11) is 1.68. The maximum absolute atomic E-state index is 13.4. The van der Waals surface area contributed by atoms with E-state index in [9.17, 15) is 4.79 Å². The fourth-order valence-electron chi connectivity index (χ4n) is 5.69. The van der Waals surface area contributed by atoms with Gasteiger partial charge in [-0.05, 0) is 64.7 Å². The molecule has 1 unspecified atom stereocenters. The van der Waals surface area contributed by atoms with Crippen molar-refractivity contribution in [2.75, 3.05) is 13.7 Å². The number of hydrogen-bond donors (Lipinski definition) is 1. The number of aromatic nitrogens is 2. The number of nitrogens with zero attached hydrogens (tertiary/aromatic N) is 2. The van der Waals surface area contributed by atoms with Gasteiger partial charge in [0.25, 0.3) is 0 Å². The van der Waals surface area contributed by atoms with Crippen LogP contribution in [0.5, 0.6) is 11.5 Å². The first kappa shape index (κ1) is 29.7. The minimum absolute atomic E-state index is 0.00678. The number of hydrogen-bond acceptors (Lipinski definition) is 4. The van der Waals surface area contributed by atoms with Gasteiger partial charge in [-0.15, -0.1) is 0 Å². The lowest BCUT2D eigenvalue weighted by Gasteiger charge is -2.18. The molecule has 0 aliphatic carbocycles. The van der Waals surface area contributed by atoms with Gasteiger partial charge >= 0.3 is 0 Å². The lowest BCUT2D eigenvalue weighted by molar-refractivity contribution is -0.121. The van der Waals surface area contributed by atoms with E-state index in [2.05, 4.69) is 81.7 Å². The molecule has 0 saturated carbocycles. The molecule has 6 nitrogen and oxygen atoms in total. The summed E-state index contributed by atoms with van der Waals surface area (Å²) in [5.74, 6) is 1.49. The van der Waals surface area contributed by atoms with Crippen molar-refractivity contribution in [3.05, 3.63) is 162 Å². The summed E-state index contributed by atoms with van der Waals surface area (Å²) in [6.45, 7) is 1.75. The summed E-state index contributed by atoms with van der Waals surface area (Å²) in [4.78, 5) is 17.8. The van der Waals surface area contributed by atoms with Crippen molar-refractivity contribution in [2.45, 2.75) is 31.9 Å². The highest BCUT2D eigenvalue weighted by Crippen LogP contribution is 2.36. The number of nitrogens with one attached hydrogen (secondary N) is 1. The quantitative estimate of drug-likeness (QED) is 0.150. The first-order valence-electron chi connectivity index (χ1n) is 15.3. The van der Waals surface area contributed by atoms with Gasteiger partial charge < -0.3 is 19.4 Å². The minimum Gasteiger partial charge on any atom is -0.497 e. The topological polar surface area (TPSA) is 65.4 Å². The lowest BCUT2D eigenvalue weighted by atomic mass is 9.88. The predicted octanol–water partition coefficient (Wildman–Crippen LogP) is 7.55. The zero-order valence-electron chi connectivity index (χ0n) is 25.4. The maximum atomic E-state index is 13.4. The molecule has 6 rings (SSSR count). The van der Waals surface area contributed by atoms with Crippen molar-refractivity contribution in [1.29, 1.82) is 0 Å². The molecule has 0 radical (unpaired) electrons. The molecule has 0 bridgehead atoms. The molecule has 6 heteroatoms. The molecule has 2 aromatic heterocycles. The predicted molar refractivity (Wildman–Crippen MR) is 179 cm³/mol. The number of pyridine rings is 1. The van der Waals surface area contributed by atoms with Crippen molar-refractivity contribution in [1.82, 2.24) is 14.9 Å². The fraction of sp³-hybridized carbons (Fsp3) is 0.179. The number of rotatable bonds is 13. The second kappa shape index (κ2) is 14.4. The average Bonchev–Trinajstić information content (AvgIpc) is 3.45. The Morgan fingerprint density at radius 1 is 0.800 bits per heavy atom. The number of fused-ring (bicyclic) bond motifs is 1. The minimum atomic E-state index is -0.148. The number of methoxy groups -OCH3 is 1. The lowest BCUT2D eigenvalue weighted by Crippen LogP contribution is -2.27. The van der Waals surface area contributed by atoms with Crippen LogP contribution in [0.2, 0.25) is 0 Å². The smallest absolute Gasteiger partial charge is 0.220 e. The van der Waals surface area contributed by atoms with Crippen LogP contribution >= 0.6 is 0 Å². The summed E-state index contributed by atoms with van der Waals surface area (Å²) >= 11 is 0. The van der Waals surface area contributed by atoms with E-state index in [1.54, 1.807) is 13.3 Å². The molecule has 2 heterocycles. The average molecular weight is 596 g/mol. The normalized spacial score (nSPS) is 11.7. The third-order valence-electron chi connectivity index (χ3n) is 8.06. The molecule has 0 spiro atoms. The summed E-state index contributed by atoms with van der Waals surface area (Å²) in [5.41, 5.74) is 6.57. The van der Waals surface area contributed by atoms with Crippen LogP contribution in [-0.4, -0.2) is 29.1 Å². The molecule has 226 valence electrons. The van der Waals surface area contributed by atoms with Gasteiger partial charge in [-0.1, -0.05) is 78.9 Å². The van der Waals surface area contributed by atoms with Crippen LogP contribution in [0.25, 0.3) is 10.9 Å². The van der Waals surface area contributed by atoms with Crippen molar-refractivity contribution in [2.24, 2.45) is 0 Å². The number of carbonyl (C=O) groups is 1. The molecule has 1 atom stereocenters. The van der Waals surface area contributed by atoms with E-state index >= 15 is 0 Å². The number of carbonyl (C=O) groups excluding carboxylic acids is 1. The Labute approximate surface area is 264 Å². The second-order valence-corrected chi connectivity index (χ2v) is 11.1. The summed E-state index contributed by atoms with van der Waals surface area (Å²) in [5, 5.41) is 4.27. The van der Waals surface area contributed by atoms with Crippen LogP contribution in [-0.2, 0) is 24.4 Å². The number of amides is 1. The third kappa shape index (κ3) is 7.60. The van der Waals surface area contributed by atoms with Crippen LogP contribution in [0.3, 0.4) is 0 Å². The molecule has 0 aliphatic heterocycles. The van der Waals surface area contributed by atoms with E-state index in [4.69, 9.17) is 9.47 Å². The largest absolute Gasteiger partial charge is 0.497 e. The highest BCUT2D eigenvalue weighted by atomic mass is 16.5. The van der Waals surface area contributed by atoms with Gasteiger partial charge in [-0.2, -0.15) is 0 Å². The number of ether oxygens (including phenoxy) is 2. The van der Waals surface area contributed by atoms with Crippen LogP contribution in [0, 0.1) is 0 Å². The summed E-state index contributed by atoms with van der Waals surface area (Å²) in [6, 6.07) is 40.7. The number of para-hydroxylation sites is 1. The molecular weight excluding hydrogens is 558 g/mol. The van der Waals surface area contributed by atoms with Gasteiger partial charge in [-0.25, -0.2) is 0 Å². The molecule has 0 saturated heterocycles. The van der Waals surface area contributed by atoms with E-state index in [1.165, 1.54) is 5.56 Å². The first-order valence-corrected chi connectivity index (χ1v) is 15.3. The van der Waals surface area contributed by atoms with Crippen molar-refractivity contribution >= 4 is 16.8 Å². The van der Waals surface area contributed by atoms with Crippen molar-refractivity contribution < 1.29 is 14.3 Å². The summed E-state index contributed by atoms with van der Waals surface area (Å²) in [6.07, 6.45) is 5.00. The fourth-order valence-corrected chi connectivity index (χ4v) is 5.69. The van der Waals surface area contributed by atoms with Crippen LogP contribution < -0.4 is 14.8 Å². The van der Waals surface area contributed by atoms with Gasteiger partial charge in [0.1, 0.15) is 18.1 Å². The third-order valence-corrected chi connectivity index (χ3v) is 8.06. The summed E-state index contributed by atoms with van der Waals surface area (Å²) < 4.78 is 13.7. The zero-order chi connectivity index (χ0) is 30.8. The molecule has 4 aromatic carbocycles. The monoisotopic (exact) mass is 595 g/mol. The zero-order valence-corrected chi connectivity index (χ0v) is 25.4. The highest BCUT2D eigenvalue weighted by Gasteiger charge is 2.23. The van der Waals surface area contributed by atoms with Gasteiger partial charge in [0.2, 0.25) is 5.91 Å². The molecule has 1 amide bonds. The van der Waals surface area contributed by atoms with Gasteiger partial charge in [0, 0.05) is 60.8 Å². The van der Waals surface area contributed by atoms with E-state index in [0.29, 0.717) is 32.5 Å². The van der Waals surface area contributed by atoms with Crippen LogP contribution in [0.15, 0.2) is 134 Å². The maximum Gasteiger partial charge on any atom is 0.220 e. The van der Waals surface area contributed by atoms with Gasteiger partial charge in [0.15, 0.2) is 0 Å². The molecule has 1 N–H and O–H groups in total. The highest BCUT2D eigenvalue weighted by molar-refractivity contribution is 5.87. The van der Waals surface area contributed by atoms with Gasteiger partial charge in [0.05, 0.1) is 7.11 Å². The van der Waals surface area contributed by atoms with Gasteiger partial charge in [-0.3, -0.25) is 9.78 Å². The Bertz CT molecular complexity index is 1820. The Morgan fingerprint density at radius 2 is 1.53 bits per heavy atom. The van der Waals surface area contributed by atoms with E-state index in [0.717, 1.165) is 44.8 Å². The SMILES string of the molecule is COc1ccc(Cn2cc(C(CC(=O)NCCc3ccccn3)c3ccc(OCc4ccccc4)cc3)c3ccccc32)cc1. The Balaban J connectivity index is 1.27. The Morgan fingerprint density at radius 3 is 2.29 bits per heavy atom. The Kier molecular flexibility index (Phi) is 9.51. The standard InChI is InChI=1S/C39H37N3O3/c1-44-33-18-14-29(15-19-33)26-42-27-37(35-12-5-6-13-38(35)42)36(25-39(43)41-24-22-32-11-7-8-23-40-32)31-16-20-34(21-17-31)45-28-30-9-3-2-4-10-30/h2-21,23,27,36H,22,24-26,28H2,1H3,(H,41,43). The van der Waals surface area contributed by atoms with Crippen LogP contribution in [0.4, 0.5) is 0 Å². The van der Waals surface area contributed by atoms with Crippen molar-refractivity contribution in [3.8, 4) is 11.5 Å². The first-order chi connectivity index (χ1) is 22.2. The second-order valence-electron chi connectivity index (χ2n) is 11.1. The molecule has 6 aromatic rings. The molecular formula is C39H37N3O3. The van der Waals surface area contributed by atoms with Crippen molar-refractivity contribution in [3.63, 3.8) is 0 Å². The van der Waals surface area contributed by atoms with E-state index < -0.39 is 0 Å². The molecule has 0 fully saturated rings. The molecule has 0 aliphatic rings. The molecule has 45 heavy (non-hydrogen) atoms. The van der Waals surface area contributed by atoms with E-state index in [-0.39, 0.29) is 11.8 Å². The number of benzene rings is 4. The Hall–Kier alpha value is -5.36.